The van der Waals surface area contributed by atoms with Crippen LogP contribution >= 0.6 is 36.0 Å². The molecule has 11 aliphatic rings. The number of nitrogens with one attached hydrogen (secondary N) is 3. The van der Waals surface area contributed by atoms with Crippen molar-refractivity contribution in [2.24, 2.45) is 0 Å². The van der Waals surface area contributed by atoms with E-state index in [1.54, 1.807) is 49.2 Å². The molecular weight excluding hydrogens is 1910 g/mol. The van der Waals surface area contributed by atoms with Crippen molar-refractivity contribution in [3.8, 4) is 28.7 Å². The number of fused-ring (bicyclic) bond motifs is 5. The topological polar surface area (TPSA) is 312 Å². The Kier molecular flexibility index (Phi) is 44.7. The molecule has 0 bridgehead atoms. The Morgan fingerprint density at radius 3 is 1.01 bits per heavy atom. The Hall–Kier alpha value is -9.28. The van der Waals surface area contributed by atoms with Gasteiger partial charge in [-0.15, -0.1) is 0 Å². The van der Waals surface area contributed by atoms with Crippen LogP contribution in [0.3, 0.4) is 0 Å². The Bertz CT molecular complexity index is 4930. The predicted molar refractivity (Wildman–Crippen MR) is 563 cm³/mol. The van der Waals surface area contributed by atoms with E-state index >= 15 is 0 Å². The lowest BCUT2D eigenvalue weighted by molar-refractivity contribution is -0.161. The van der Waals surface area contributed by atoms with Gasteiger partial charge >= 0.3 is 6.09 Å². The van der Waals surface area contributed by atoms with Gasteiger partial charge in [0.1, 0.15) is 28.6 Å². The number of piperazine rings is 1. The SMILES string of the molecule is COc1cc2c(cc1Cl)CCCC(=O)N2CCOC1CCCCO1.COc1cc2c(cc1F)CCCC(=O)N2CCOC1CCCCO1.COc1cc2c(cc1N1CCN(C(=O)OC(C)(C)C)CC1)CCCC(=O)N2CCOC1CCCCO1.COc1cc2c(cc1NC(=S)N(C)C)CCCC(=O)N2CCOC1CCCCO1.COc1cc2c(cc1NC(=S)NC(C)(C)C)CCCC(=O)N2CCOC1CCCCO1. The highest BCUT2D eigenvalue weighted by atomic mass is 35.5. The van der Waals surface area contributed by atoms with Crippen molar-refractivity contribution in [1.29, 1.82) is 0 Å². The molecule has 6 amide bonds. The molecule has 796 valence electrons. The number of hydrogen-bond donors (Lipinski definition) is 3. The Morgan fingerprint density at radius 2 is 0.694 bits per heavy atom. The number of anilines is 8. The van der Waals surface area contributed by atoms with Crippen LogP contribution in [0.2, 0.25) is 5.02 Å². The molecule has 11 heterocycles. The fraction of sp³-hybridized carbons (Fsp3) is 0.645. The molecule has 11 aliphatic heterocycles. The number of nitrogens with zero attached hydrogens (tertiary/aromatic N) is 8. The average molecular weight is 2070 g/mol. The second-order valence-corrected chi connectivity index (χ2v) is 40.9. The molecule has 33 nitrogen and oxygen atoms in total. The standard InChI is InChI=1S/C27H41N3O6.C23H35N3O4S.C21H31N3O4S.C18H24ClNO4.C18H24FNO4/c1-27(2,3)36-26(32)29-13-11-28(12-14-29)22-18-20-8-7-9-24(31)30(21(20)19-23(22)33-4)15-17-35-25-10-5-6-16-34-25;1-23(2,3)25-22(31)24-17-14-16-8-7-9-20(27)26(18(16)15-19(17)28-4)11-13-30-21-10-5-6-12-29-21;1-23(2)21(29)22-16-13-15-7-6-8-19(25)24(17(15)14-18(16)26-3)10-12-28-20-9-4-5-11-27-20;2*1-22-16-12-15-13(11-14(16)19)5-4-6-17(21)20(15)8-10-24-18-7-2-3-9-23-18/h18-19,25H,5-17H2,1-4H3;14-15,21H,5-13H2,1-4H3,(H2,24,25,31);13-14,20H,4-12H2,1-3H3,(H,22,29);2*11-12,18H,2-10H2,1H3. The van der Waals surface area contributed by atoms with Crippen LogP contribution in [0.15, 0.2) is 60.7 Å². The molecule has 5 aromatic carbocycles. The number of rotatable bonds is 28. The molecule has 5 aromatic rings. The minimum absolute atomic E-state index is 0.0376. The first kappa shape index (κ1) is 113. The quantitative estimate of drug-likeness (QED) is 0.0392. The first-order valence-corrected chi connectivity index (χ1v) is 52.9. The molecule has 37 heteroatoms. The lowest BCUT2D eigenvalue weighted by Crippen LogP contribution is -2.50. The van der Waals surface area contributed by atoms with Gasteiger partial charge in [0.25, 0.3) is 0 Å². The summed E-state index contributed by atoms with van der Waals surface area (Å²) in [6.45, 7) is 22.7. The molecule has 3 N–H and O–H groups in total. The number of amides is 6. The number of methoxy groups -OCH3 is 5. The first-order valence-electron chi connectivity index (χ1n) is 51.7. The van der Waals surface area contributed by atoms with Gasteiger partial charge in [0.05, 0.1) is 119 Å². The molecule has 6 saturated heterocycles. The van der Waals surface area contributed by atoms with Gasteiger partial charge in [-0.1, -0.05) is 11.6 Å². The number of halogens is 2. The molecule has 16 rings (SSSR count). The molecule has 5 unspecified atom stereocenters. The van der Waals surface area contributed by atoms with Crippen LogP contribution in [0.25, 0.3) is 0 Å². The third-order valence-electron chi connectivity index (χ3n) is 26.5. The molecule has 5 atom stereocenters. The van der Waals surface area contributed by atoms with Crippen LogP contribution in [0.5, 0.6) is 28.7 Å². The van der Waals surface area contributed by atoms with Gasteiger partial charge in [0.15, 0.2) is 53.2 Å². The summed E-state index contributed by atoms with van der Waals surface area (Å²) < 4.78 is 104. The van der Waals surface area contributed by atoms with Gasteiger partial charge in [-0.05, 0) is 285 Å². The summed E-state index contributed by atoms with van der Waals surface area (Å²) in [4.78, 5) is 90.8. The van der Waals surface area contributed by atoms with E-state index in [2.05, 4.69) is 47.7 Å². The van der Waals surface area contributed by atoms with Gasteiger partial charge in [-0.25, -0.2) is 9.18 Å². The largest absolute Gasteiger partial charge is 0.495 e. The molecule has 0 saturated carbocycles. The Labute approximate surface area is 865 Å². The smallest absolute Gasteiger partial charge is 0.410 e. The van der Waals surface area contributed by atoms with E-state index < -0.39 is 11.4 Å². The number of aryl methyl sites for hydroxylation is 5. The molecular formula is C107H155ClFN11O22S2. The number of carbonyl (C=O) groups excluding carboxylic acids is 6. The van der Waals surface area contributed by atoms with Gasteiger partial charge in [0.2, 0.25) is 29.5 Å². The fourth-order valence-corrected chi connectivity index (χ4v) is 19.8. The van der Waals surface area contributed by atoms with Crippen molar-refractivity contribution in [3.63, 3.8) is 0 Å². The molecule has 144 heavy (non-hydrogen) atoms. The second kappa shape index (κ2) is 56.8. The van der Waals surface area contributed by atoms with Crippen LogP contribution in [-0.4, -0.2) is 273 Å². The van der Waals surface area contributed by atoms with Crippen molar-refractivity contribution >= 4 is 127 Å². The highest BCUT2D eigenvalue weighted by Crippen LogP contribution is 2.44. The normalized spacial score (nSPS) is 20.5. The Balaban J connectivity index is 0.000000162. The number of hydrogen-bond acceptors (Lipinski definition) is 25. The molecule has 6 fully saturated rings. The minimum Gasteiger partial charge on any atom is -0.495 e. The number of carbonyl (C=O) groups is 6. The number of benzene rings is 5. The maximum atomic E-state index is 14.0. The highest BCUT2D eigenvalue weighted by molar-refractivity contribution is 7.80. The van der Waals surface area contributed by atoms with Gasteiger partial charge < -0.3 is 131 Å². The summed E-state index contributed by atoms with van der Waals surface area (Å²) in [6, 6.07) is 19.0. The molecule has 0 spiro atoms. The van der Waals surface area contributed by atoms with E-state index in [-0.39, 0.29) is 78.4 Å². The predicted octanol–water partition coefficient (Wildman–Crippen LogP) is 17.7. The van der Waals surface area contributed by atoms with Crippen LogP contribution in [0, 0.1) is 5.82 Å². The Morgan fingerprint density at radius 1 is 0.389 bits per heavy atom. The third-order valence-corrected chi connectivity index (χ3v) is 27.4. The maximum Gasteiger partial charge on any atom is 0.410 e. The number of ether oxygens (including phenoxy) is 16. The summed E-state index contributed by atoms with van der Waals surface area (Å²) in [5, 5.41) is 11.5. The zero-order valence-electron chi connectivity index (χ0n) is 86.9. The lowest BCUT2D eigenvalue weighted by atomic mass is 10.0. The third kappa shape index (κ3) is 33.9. The van der Waals surface area contributed by atoms with E-state index in [0.29, 0.717) is 163 Å². The van der Waals surface area contributed by atoms with E-state index in [1.807, 2.05) is 96.9 Å². The van der Waals surface area contributed by atoms with Gasteiger partial charge in [-0.2, -0.15) is 0 Å². The van der Waals surface area contributed by atoms with Crippen molar-refractivity contribution in [2.45, 2.75) is 277 Å². The number of thiocarbonyl (C=S) groups is 2. The fourth-order valence-electron chi connectivity index (χ4n) is 19.0. The van der Waals surface area contributed by atoms with Gasteiger partial charge in [0, 0.05) is 174 Å². The summed E-state index contributed by atoms with van der Waals surface area (Å²) >= 11 is 17.1. The summed E-state index contributed by atoms with van der Waals surface area (Å²) in [6.07, 6.45) is 25.0. The van der Waals surface area contributed by atoms with Crippen molar-refractivity contribution < 1.29 is 109 Å². The van der Waals surface area contributed by atoms with Crippen LogP contribution < -0.4 is 69.0 Å². The van der Waals surface area contributed by atoms with Crippen molar-refractivity contribution in [1.82, 2.24) is 15.1 Å². The summed E-state index contributed by atoms with van der Waals surface area (Å²) in [5.41, 5.74) is 11.5. The van der Waals surface area contributed by atoms with Crippen molar-refractivity contribution in [3.05, 3.63) is 99.3 Å². The van der Waals surface area contributed by atoms with Crippen molar-refractivity contribution in [2.75, 3.05) is 215 Å². The van der Waals surface area contributed by atoms with Crippen LogP contribution in [-0.2, 0) is 108 Å². The van der Waals surface area contributed by atoms with E-state index in [1.165, 1.54) is 13.2 Å². The van der Waals surface area contributed by atoms with E-state index in [9.17, 15) is 33.2 Å². The average Bonchev–Trinajstić information content (AvgIpc) is 1.34. The second-order valence-electron chi connectivity index (χ2n) is 39.7. The van der Waals surface area contributed by atoms with E-state index in [0.717, 1.165) is 266 Å². The zero-order valence-corrected chi connectivity index (χ0v) is 89.3. The molecule has 0 radical (unpaired) electrons. The molecule has 0 aliphatic carbocycles. The van der Waals surface area contributed by atoms with Crippen LogP contribution in [0.4, 0.5) is 54.7 Å². The summed E-state index contributed by atoms with van der Waals surface area (Å²) in [7, 11) is 11.7. The maximum absolute atomic E-state index is 14.0. The zero-order chi connectivity index (χ0) is 103. The lowest BCUT2D eigenvalue weighted by Gasteiger charge is -2.37. The summed E-state index contributed by atoms with van der Waals surface area (Å²) in [5.74, 6) is 2.88. The van der Waals surface area contributed by atoms with Crippen LogP contribution in [0.1, 0.15) is 230 Å². The minimum atomic E-state index is -0.508. The highest BCUT2D eigenvalue weighted by Gasteiger charge is 2.36. The monoisotopic (exact) mass is 2060 g/mol. The molecule has 0 aromatic heterocycles. The van der Waals surface area contributed by atoms with E-state index in [4.69, 9.17) is 112 Å². The van der Waals surface area contributed by atoms with Gasteiger partial charge in [-0.3, -0.25) is 24.0 Å². The first-order chi connectivity index (χ1) is 69.4.